The lowest BCUT2D eigenvalue weighted by Crippen LogP contribution is -2.33. The molecule has 0 aliphatic carbocycles. The largest absolute Gasteiger partial charge is 0.272 e. The van der Waals surface area contributed by atoms with Crippen molar-refractivity contribution in [2.45, 2.75) is 20.8 Å². The molecule has 0 atom stereocenters. The van der Waals surface area contributed by atoms with Gasteiger partial charge in [-0.25, -0.2) is 4.99 Å². The van der Waals surface area contributed by atoms with Gasteiger partial charge >= 0.3 is 0 Å². The molecule has 3 nitrogen and oxygen atoms in total. The van der Waals surface area contributed by atoms with Crippen LogP contribution in [0.3, 0.4) is 0 Å². The topological polar surface area (TPSA) is 53.2 Å². The number of hydrogen-bond donors (Lipinski definition) is 0. The molecule has 0 N–H and O–H groups in total. The molecule has 0 saturated heterocycles. The third-order valence-corrected chi connectivity index (χ3v) is 10.1. The van der Waals surface area contributed by atoms with Crippen molar-refractivity contribution in [3.8, 4) is 6.07 Å². The summed E-state index contributed by atoms with van der Waals surface area (Å²) in [5, 5.41) is 14.8. The normalized spacial score (nSPS) is 12.2. The third kappa shape index (κ3) is 4.65. The summed E-state index contributed by atoms with van der Waals surface area (Å²) < 4.78 is 0. The van der Waals surface area contributed by atoms with Crippen molar-refractivity contribution in [1.29, 1.82) is 5.26 Å². The van der Waals surface area contributed by atoms with Crippen molar-refractivity contribution < 1.29 is 4.79 Å². The molecule has 0 heterocycles. The molecule has 0 fully saturated rings. The van der Waals surface area contributed by atoms with Crippen molar-refractivity contribution in [3.05, 3.63) is 91.0 Å². The summed E-state index contributed by atoms with van der Waals surface area (Å²) in [6.07, 6.45) is 1.88. The maximum absolute atomic E-state index is 12.9. The predicted molar refractivity (Wildman–Crippen MR) is 141 cm³/mol. The van der Waals surface area contributed by atoms with Crippen LogP contribution in [0.4, 0.5) is 0 Å². The average molecular weight is 459 g/mol. The van der Waals surface area contributed by atoms with Crippen LogP contribution in [-0.2, 0) is 4.79 Å². The quantitative estimate of drug-likeness (QED) is 0.314. The minimum Gasteiger partial charge on any atom is -0.272 e. The van der Waals surface area contributed by atoms with Gasteiger partial charge in [0.25, 0.3) is 5.91 Å². The summed E-state index contributed by atoms with van der Waals surface area (Å²) in [6, 6.07) is 32.9. The van der Waals surface area contributed by atoms with Crippen LogP contribution < -0.4 is 15.9 Å². The van der Waals surface area contributed by atoms with Crippen LogP contribution in [0.5, 0.6) is 0 Å². The Bertz CT molecular complexity index is 1100. The molecule has 162 valence electrons. The third-order valence-electron chi connectivity index (χ3n) is 5.11. The van der Waals surface area contributed by atoms with E-state index < -0.39 is 12.3 Å². The van der Waals surface area contributed by atoms with Gasteiger partial charge in [-0.1, -0.05) is 112 Å². The Balaban J connectivity index is 2.58. The highest BCUT2D eigenvalue weighted by Gasteiger charge is 2.33. The van der Waals surface area contributed by atoms with Gasteiger partial charge < -0.3 is 0 Å². The Hall–Kier alpha value is -2.86. The lowest BCUT2D eigenvalue weighted by Gasteiger charge is -2.30. The summed E-state index contributed by atoms with van der Waals surface area (Å²) in [4.78, 5) is 17.4. The Morgan fingerprint density at radius 3 is 1.47 bits per heavy atom. The van der Waals surface area contributed by atoms with Gasteiger partial charge in [0.1, 0.15) is 11.1 Å². The van der Waals surface area contributed by atoms with Crippen LogP contribution in [0.15, 0.2) is 96.0 Å². The summed E-state index contributed by atoms with van der Waals surface area (Å²) in [5.74, 6) is -0.234. The molecule has 3 rings (SSSR count). The Morgan fingerprint density at radius 1 is 0.812 bits per heavy atom. The Labute approximate surface area is 195 Å². The first-order valence-corrected chi connectivity index (χ1v) is 13.4. The average Bonchev–Trinajstić information content (AvgIpc) is 2.82. The number of amides is 1. The second kappa shape index (κ2) is 10.2. The van der Waals surface area contributed by atoms with Crippen LogP contribution in [0.25, 0.3) is 0 Å². The number of carbonyl (C=O) groups is 1. The molecular formula is C27H27N2OPS. The van der Waals surface area contributed by atoms with Crippen LogP contribution in [0, 0.1) is 16.7 Å². The molecule has 0 saturated carbocycles. The van der Waals surface area contributed by atoms with Crippen molar-refractivity contribution in [1.82, 2.24) is 0 Å². The second-order valence-electron chi connectivity index (χ2n) is 8.31. The zero-order valence-electron chi connectivity index (χ0n) is 18.8. The van der Waals surface area contributed by atoms with E-state index in [1.54, 1.807) is 0 Å². The van der Waals surface area contributed by atoms with E-state index in [2.05, 4.69) is 47.5 Å². The fourth-order valence-electron chi connectivity index (χ4n) is 3.51. The highest BCUT2D eigenvalue weighted by molar-refractivity contribution is 8.17. The lowest BCUT2D eigenvalue weighted by atomic mass is 9.96. The molecule has 0 spiro atoms. The molecule has 0 radical (unpaired) electrons. The lowest BCUT2D eigenvalue weighted by molar-refractivity contribution is -0.124. The van der Waals surface area contributed by atoms with Crippen LogP contribution in [0.2, 0.25) is 0 Å². The number of nitrogens with zero attached hydrogens (tertiary/aromatic N) is 2. The standard InChI is InChI=1S/C27H27N2OPS/c1-27(2,3)26(30)29-25(32-4)24(20-28)31(21-14-8-5-9-15-21,22-16-10-6-11-17-22)23-18-12-7-13-19-23/h5-19H,1-4H3. The zero-order chi connectivity index (χ0) is 23.2. The number of thioether (sulfide) groups is 1. The summed E-state index contributed by atoms with van der Waals surface area (Å²) >= 11 is 1.36. The van der Waals surface area contributed by atoms with Gasteiger partial charge in [0.15, 0.2) is 0 Å². The number of nitriles is 1. The highest BCUT2D eigenvalue weighted by Crippen LogP contribution is 2.47. The highest BCUT2D eigenvalue weighted by atomic mass is 32.2. The van der Waals surface area contributed by atoms with Crippen LogP contribution >= 0.6 is 18.6 Å². The van der Waals surface area contributed by atoms with Gasteiger partial charge in [0, 0.05) is 5.41 Å². The monoisotopic (exact) mass is 458 g/mol. The molecule has 0 aliphatic rings. The Kier molecular flexibility index (Phi) is 7.56. The molecule has 5 heteroatoms. The molecule has 0 bridgehead atoms. The van der Waals surface area contributed by atoms with E-state index in [-0.39, 0.29) is 5.91 Å². The number of rotatable bonds is 4. The SMILES string of the molecule is CSC(=NC(=O)C(C)(C)C)C(C#N)=P(c1ccccc1)(c1ccccc1)c1ccccc1. The minimum atomic E-state index is -2.59. The Morgan fingerprint density at radius 2 is 1.19 bits per heavy atom. The maximum atomic E-state index is 12.9. The molecule has 3 aromatic carbocycles. The van der Waals surface area contributed by atoms with Crippen LogP contribution in [-0.4, -0.2) is 22.5 Å². The number of benzene rings is 3. The van der Waals surface area contributed by atoms with Gasteiger partial charge in [0.05, 0.1) is 5.29 Å². The fraction of sp³-hybridized carbons (Fsp3) is 0.185. The molecule has 0 aliphatic heterocycles. The molecule has 0 aromatic heterocycles. The second-order valence-corrected chi connectivity index (χ2v) is 12.4. The predicted octanol–water partition coefficient (Wildman–Crippen LogP) is 5.01. The molecule has 3 aromatic rings. The van der Waals surface area contributed by atoms with Gasteiger partial charge in [-0.15, -0.1) is 11.8 Å². The smallest absolute Gasteiger partial charge is 0.252 e. The first kappa shape index (κ1) is 23.8. The minimum absolute atomic E-state index is 0.234. The van der Waals surface area contributed by atoms with Crippen molar-refractivity contribution in [3.63, 3.8) is 0 Å². The van der Waals surface area contributed by atoms with E-state index in [0.29, 0.717) is 10.3 Å². The van der Waals surface area contributed by atoms with Crippen molar-refractivity contribution in [2.24, 2.45) is 10.4 Å². The van der Waals surface area contributed by atoms with E-state index in [1.807, 2.05) is 81.6 Å². The van der Waals surface area contributed by atoms with Gasteiger partial charge in [-0.05, 0) is 29.1 Å². The fourth-order valence-corrected chi connectivity index (χ4v) is 8.62. The van der Waals surface area contributed by atoms with E-state index in [0.717, 1.165) is 15.9 Å². The first-order valence-electron chi connectivity index (χ1n) is 10.4. The molecule has 32 heavy (non-hydrogen) atoms. The summed E-state index contributed by atoms with van der Waals surface area (Å²) in [5.41, 5.74) is -0.630. The number of carbonyl (C=O) groups excluding carboxylic acids is 1. The maximum Gasteiger partial charge on any atom is 0.252 e. The van der Waals surface area contributed by atoms with Gasteiger partial charge in [-0.2, -0.15) is 5.26 Å². The van der Waals surface area contributed by atoms with Gasteiger partial charge in [-0.3, -0.25) is 4.79 Å². The van der Waals surface area contributed by atoms with Crippen molar-refractivity contribution in [2.75, 3.05) is 6.26 Å². The van der Waals surface area contributed by atoms with E-state index in [1.165, 1.54) is 11.8 Å². The van der Waals surface area contributed by atoms with Crippen molar-refractivity contribution >= 4 is 50.8 Å². The summed E-state index contributed by atoms with van der Waals surface area (Å²) in [6.45, 7) is 2.94. The van der Waals surface area contributed by atoms with Crippen LogP contribution in [0.1, 0.15) is 20.8 Å². The summed E-state index contributed by atoms with van der Waals surface area (Å²) in [7, 11) is 0. The zero-order valence-corrected chi connectivity index (χ0v) is 20.5. The molecular weight excluding hydrogens is 431 g/mol. The van der Waals surface area contributed by atoms with E-state index in [9.17, 15) is 10.1 Å². The van der Waals surface area contributed by atoms with E-state index >= 15 is 0 Å². The molecule has 0 unspecified atom stereocenters. The first-order chi connectivity index (χ1) is 15.4. The number of hydrogen-bond acceptors (Lipinski definition) is 3. The number of aliphatic imine (C=N–C) groups is 1. The van der Waals surface area contributed by atoms with E-state index in [4.69, 9.17) is 0 Å². The molecule has 1 amide bonds. The van der Waals surface area contributed by atoms with Gasteiger partial charge in [0.2, 0.25) is 0 Å².